The van der Waals surface area contributed by atoms with Crippen LogP contribution in [0.15, 0.2) is 29.1 Å². The zero-order chi connectivity index (χ0) is 16.8. The van der Waals surface area contributed by atoms with Crippen LogP contribution in [0, 0.1) is 0 Å². The van der Waals surface area contributed by atoms with Crippen LogP contribution in [-0.2, 0) is 6.54 Å². The van der Waals surface area contributed by atoms with Crippen LogP contribution in [0.3, 0.4) is 0 Å². The van der Waals surface area contributed by atoms with E-state index in [4.69, 9.17) is 9.84 Å². The van der Waals surface area contributed by atoms with Gasteiger partial charge in [-0.25, -0.2) is 0 Å². The fourth-order valence-electron chi connectivity index (χ4n) is 3.28. The van der Waals surface area contributed by atoms with Crippen LogP contribution in [0.4, 0.5) is 0 Å². The van der Waals surface area contributed by atoms with Crippen LogP contribution in [0.2, 0.25) is 0 Å². The Bertz CT molecular complexity index is 723. The fraction of sp³-hybridized carbons (Fsp3) is 0.556. The molecule has 6 heteroatoms. The molecule has 0 atom stereocenters. The summed E-state index contributed by atoms with van der Waals surface area (Å²) in [5.41, 5.74) is 0.572. The van der Waals surface area contributed by atoms with Crippen molar-refractivity contribution in [1.82, 2.24) is 14.9 Å². The van der Waals surface area contributed by atoms with E-state index in [-0.39, 0.29) is 18.8 Å². The third-order valence-electron chi connectivity index (χ3n) is 4.52. The third-order valence-corrected chi connectivity index (χ3v) is 4.52. The molecule has 2 heterocycles. The summed E-state index contributed by atoms with van der Waals surface area (Å²) in [6.07, 6.45) is 6.36. The Kier molecular flexibility index (Phi) is 5.82. The molecule has 1 aliphatic rings. The molecule has 0 spiro atoms. The normalized spacial score (nSPS) is 15.7. The number of fused-ring (bicyclic) bond motifs is 1. The number of ether oxygens (including phenoxy) is 1. The molecule has 2 aromatic rings. The maximum Gasteiger partial charge on any atom is 0.252 e. The van der Waals surface area contributed by atoms with E-state index in [1.54, 1.807) is 22.8 Å². The summed E-state index contributed by atoms with van der Waals surface area (Å²) in [6.45, 7) is 1.47. The largest absolute Gasteiger partial charge is 0.475 e. The molecule has 24 heavy (non-hydrogen) atoms. The molecule has 1 fully saturated rings. The lowest BCUT2D eigenvalue weighted by molar-refractivity contribution is 0.197. The van der Waals surface area contributed by atoms with Crippen LogP contribution in [0.25, 0.3) is 11.0 Å². The van der Waals surface area contributed by atoms with Gasteiger partial charge in [0, 0.05) is 36.7 Å². The van der Waals surface area contributed by atoms with Gasteiger partial charge in [0.2, 0.25) is 5.88 Å². The summed E-state index contributed by atoms with van der Waals surface area (Å²) in [7, 11) is 0. The molecule has 0 amide bonds. The molecule has 2 N–H and O–H groups in total. The Morgan fingerprint density at radius 1 is 1.21 bits per heavy atom. The number of hydrogen-bond acceptors (Lipinski definition) is 5. The molecule has 2 aromatic heterocycles. The number of pyridine rings is 2. The van der Waals surface area contributed by atoms with Gasteiger partial charge in [0.1, 0.15) is 12.3 Å². The maximum absolute atomic E-state index is 12.3. The summed E-state index contributed by atoms with van der Waals surface area (Å²) in [5.74, 6) is 0.427. The van der Waals surface area contributed by atoms with Gasteiger partial charge in [-0.05, 0) is 25.0 Å². The van der Waals surface area contributed by atoms with Crippen molar-refractivity contribution in [3.05, 3.63) is 34.6 Å². The van der Waals surface area contributed by atoms with Crippen molar-refractivity contribution in [2.75, 3.05) is 19.8 Å². The van der Waals surface area contributed by atoms with Gasteiger partial charge in [0.05, 0.1) is 6.61 Å². The van der Waals surface area contributed by atoms with Gasteiger partial charge in [-0.2, -0.15) is 4.98 Å². The second kappa shape index (κ2) is 8.26. The van der Waals surface area contributed by atoms with Crippen molar-refractivity contribution in [3.8, 4) is 5.88 Å². The summed E-state index contributed by atoms with van der Waals surface area (Å²) in [5, 5.41) is 13.3. The van der Waals surface area contributed by atoms with E-state index in [1.165, 1.54) is 32.1 Å². The molecule has 0 unspecified atom stereocenters. The smallest absolute Gasteiger partial charge is 0.252 e. The lowest BCUT2D eigenvalue weighted by atomic mass is 9.95. The minimum Gasteiger partial charge on any atom is -0.475 e. The van der Waals surface area contributed by atoms with Crippen LogP contribution in [-0.4, -0.2) is 40.5 Å². The topological polar surface area (TPSA) is 76.4 Å². The van der Waals surface area contributed by atoms with E-state index in [0.29, 0.717) is 24.1 Å². The Labute approximate surface area is 141 Å². The number of aliphatic hydroxyl groups is 1. The summed E-state index contributed by atoms with van der Waals surface area (Å²) in [4.78, 5) is 16.7. The lowest BCUT2D eigenvalue weighted by Crippen LogP contribution is -2.35. The average molecular weight is 331 g/mol. The number of aliphatic hydroxyl groups excluding tert-OH is 1. The van der Waals surface area contributed by atoms with Crippen LogP contribution in [0.5, 0.6) is 5.88 Å². The van der Waals surface area contributed by atoms with E-state index in [2.05, 4.69) is 10.3 Å². The van der Waals surface area contributed by atoms with Crippen molar-refractivity contribution in [1.29, 1.82) is 0 Å². The molecule has 6 nitrogen and oxygen atoms in total. The van der Waals surface area contributed by atoms with Gasteiger partial charge < -0.3 is 15.2 Å². The van der Waals surface area contributed by atoms with Gasteiger partial charge in [0.25, 0.3) is 5.56 Å². The van der Waals surface area contributed by atoms with Gasteiger partial charge in [0.15, 0.2) is 0 Å². The van der Waals surface area contributed by atoms with Crippen molar-refractivity contribution in [3.63, 3.8) is 0 Å². The van der Waals surface area contributed by atoms with Crippen molar-refractivity contribution >= 4 is 11.0 Å². The second-order valence-electron chi connectivity index (χ2n) is 6.25. The molecule has 130 valence electrons. The highest BCUT2D eigenvalue weighted by molar-refractivity contribution is 5.75. The SMILES string of the molecule is O=c1ccc2ccc(OCCO)nc2n1CCNC1CCCCC1. The zero-order valence-electron chi connectivity index (χ0n) is 13.9. The summed E-state index contributed by atoms with van der Waals surface area (Å²) >= 11 is 0. The highest BCUT2D eigenvalue weighted by atomic mass is 16.5. The third kappa shape index (κ3) is 4.13. The summed E-state index contributed by atoms with van der Waals surface area (Å²) in [6, 6.07) is 7.58. The van der Waals surface area contributed by atoms with Gasteiger partial charge in [-0.1, -0.05) is 19.3 Å². The van der Waals surface area contributed by atoms with Crippen LogP contribution in [0.1, 0.15) is 32.1 Å². The Morgan fingerprint density at radius 2 is 2.00 bits per heavy atom. The molecule has 0 bridgehead atoms. The van der Waals surface area contributed by atoms with E-state index in [0.717, 1.165) is 11.9 Å². The molecule has 0 aromatic carbocycles. The molecule has 0 radical (unpaired) electrons. The van der Waals surface area contributed by atoms with Crippen molar-refractivity contribution < 1.29 is 9.84 Å². The minimum absolute atomic E-state index is 0.0558. The lowest BCUT2D eigenvalue weighted by Gasteiger charge is -2.23. The average Bonchev–Trinajstić information content (AvgIpc) is 2.62. The molecule has 3 rings (SSSR count). The molecule has 0 saturated heterocycles. The molecule has 0 aliphatic heterocycles. The molecular weight excluding hydrogens is 306 g/mol. The first-order chi connectivity index (χ1) is 11.8. The molecular formula is C18H25N3O3. The van der Waals surface area contributed by atoms with Crippen molar-refractivity contribution in [2.24, 2.45) is 0 Å². The van der Waals surface area contributed by atoms with Crippen LogP contribution >= 0.6 is 0 Å². The highest BCUT2D eigenvalue weighted by Gasteiger charge is 2.13. The summed E-state index contributed by atoms with van der Waals surface area (Å²) < 4.78 is 7.06. The number of nitrogens with one attached hydrogen (secondary N) is 1. The second-order valence-corrected chi connectivity index (χ2v) is 6.25. The van der Waals surface area contributed by atoms with E-state index >= 15 is 0 Å². The van der Waals surface area contributed by atoms with E-state index < -0.39 is 0 Å². The Hall–Kier alpha value is -1.92. The monoisotopic (exact) mass is 331 g/mol. The molecule has 1 saturated carbocycles. The fourth-order valence-corrected chi connectivity index (χ4v) is 3.28. The first kappa shape index (κ1) is 16.9. The Morgan fingerprint density at radius 3 is 2.79 bits per heavy atom. The van der Waals surface area contributed by atoms with Gasteiger partial charge in [-0.15, -0.1) is 0 Å². The zero-order valence-corrected chi connectivity index (χ0v) is 13.9. The quantitative estimate of drug-likeness (QED) is 0.807. The first-order valence-corrected chi connectivity index (χ1v) is 8.75. The molecule has 1 aliphatic carbocycles. The van der Waals surface area contributed by atoms with Gasteiger partial charge in [-0.3, -0.25) is 9.36 Å². The van der Waals surface area contributed by atoms with E-state index in [9.17, 15) is 4.79 Å². The standard InChI is InChI=1S/C18H25N3O3/c22-12-13-24-16-8-6-14-7-9-17(23)21(18(14)20-16)11-10-19-15-4-2-1-3-5-15/h6-9,15,19,22H,1-5,10-13H2. The van der Waals surface area contributed by atoms with Crippen LogP contribution < -0.4 is 15.6 Å². The predicted octanol–water partition coefficient (Wildman–Crippen LogP) is 1.69. The number of aromatic nitrogens is 2. The highest BCUT2D eigenvalue weighted by Crippen LogP contribution is 2.17. The maximum atomic E-state index is 12.3. The first-order valence-electron chi connectivity index (χ1n) is 8.75. The minimum atomic E-state index is -0.0629. The number of rotatable bonds is 7. The van der Waals surface area contributed by atoms with E-state index in [1.807, 2.05) is 6.07 Å². The Balaban J connectivity index is 1.74. The predicted molar refractivity (Wildman–Crippen MR) is 93.5 cm³/mol. The van der Waals surface area contributed by atoms with Crippen molar-refractivity contribution in [2.45, 2.75) is 44.7 Å². The number of hydrogen-bond donors (Lipinski definition) is 2. The van der Waals surface area contributed by atoms with Gasteiger partial charge >= 0.3 is 0 Å². The number of nitrogens with zero attached hydrogens (tertiary/aromatic N) is 2.